The van der Waals surface area contributed by atoms with Gasteiger partial charge >= 0.3 is 5.97 Å². The Hall–Kier alpha value is -1.40. The van der Waals surface area contributed by atoms with Crippen LogP contribution in [0, 0.1) is 0 Å². The summed E-state index contributed by atoms with van der Waals surface area (Å²) in [4.78, 5) is 22.5. The first kappa shape index (κ1) is 15.7. The number of benzene rings is 1. The molecule has 0 fully saturated rings. The van der Waals surface area contributed by atoms with E-state index in [1.165, 1.54) is 12.1 Å². The van der Waals surface area contributed by atoms with Gasteiger partial charge in [-0.25, -0.2) is 4.79 Å². The van der Waals surface area contributed by atoms with Crippen LogP contribution >= 0.6 is 15.9 Å². The molecule has 6 heteroatoms. The first-order valence-electron chi connectivity index (χ1n) is 5.75. The Balaban J connectivity index is 3.37. The maximum absolute atomic E-state index is 12.0. The van der Waals surface area contributed by atoms with Crippen molar-refractivity contribution < 1.29 is 24.5 Å². The summed E-state index contributed by atoms with van der Waals surface area (Å²) in [5.41, 5.74) is 0.331. The molecule has 0 aromatic heterocycles. The number of carboxylic acid groups (broad SMARTS) is 1. The molecule has 0 radical (unpaired) electrons. The number of para-hydroxylation sites is 1. The van der Waals surface area contributed by atoms with Gasteiger partial charge in [-0.1, -0.05) is 28.1 Å². The van der Waals surface area contributed by atoms with Gasteiger partial charge in [0.25, 0.3) is 0 Å². The molecule has 1 aromatic carbocycles. The highest BCUT2D eigenvalue weighted by Gasteiger charge is 2.25. The van der Waals surface area contributed by atoms with Gasteiger partial charge in [-0.15, -0.1) is 0 Å². The Labute approximate surface area is 119 Å². The number of hydrogen-bond acceptors (Lipinski definition) is 4. The van der Waals surface area contributed by atoms with Crippen molar-refractivity contribution in [3.05, 3.63) is 29.3 Å². The fraction of sp³-hybridized carbons (Fsp3) is 0.385. The van der Waals surface area contributed by atoms with Gasteiger partial charge in [0.15, 0.2) is 11.9 Å². The smallest absolute Gasteiger partial charge is 0.337 e. The number of rotatable bonds is 6. The zero-order valence-electron chi connectivity index (χ0n) is 10.6. The molecule has 2 unspecified atom stereocenters. The standard InChI is InChI=1S/C13H15BrO5/c1-3-19-12-8(10(15)7(2)14)5-4-6-9(12)11(16)13(17)18/h4-7,11,16H,3H2,1-2H3,(H,17,18). The number of aliphatic carboxylic acids is 1. The van der Waals surface area contributed by atoms with E-state index >= 15 is 0 Å². The maximum Gasteiger partial charge on any atom is 0.337 e. The van der Waals surface area contributed by atoms with Crippen LogP contribution in [0.3, 0.4) is 0 Å². The number of hydrogen-bond donors (Lipinski definition) is 2. The van der Waals surface area contributed by atoms with Crippen LogP contribution in [0.2, 0.25) is 0 Å². The highest BCUT2D eigenvalue weighted by atomic mass is 79.9. The monoisotopic (exact) mass is 330 g/mol. The number of ketones is 1. The van der Waals surface area contributed by atoms with Crippen LogP contribution in [0.25, 0.3) is 0 Å². The van der Waals surface area contributed by atoms with Crippen LogP contribution in [0.15, 0.2) is 18.2 Å². The van der Waals surface area contributed by atoms with Crippen molar-refractivity contribution in [2.24, 2.45) is 0 Å². The summed E-state index contributed by atoms with van der Waals surface area (Å²) in [7, 11) is 0. The number of carboxylic acids is 1. The number of aliphatic hydroxyl groups excluding tert-OH is 1. The molecule has 2 N–H and O–H groups in total. The number of ether oxygens (including phenoxy) is 1. The van der Waals surface area contributed by atoms with Crippen molar-refractivity contribution in [3.63, 3.8) is 0 Å². The quantitative estimate of drug-likeness (QED) is 0.616. The summed E-state index contributed by atoms with van der Waals surface area (Å²) in [6.45, 7) is 3.65. The maximum atomic E-state index is 12.0. The predicted octanol–water partition coefficient (Wildman–Crippen LogP) is 2.17. The molecule has 0 aliphatic heterocycles. The fourth-order valence-corrected chi connectivity index (χ4v) is 1.86. The molecule has 1 rings (SSSR count). The van der Waals surface area contributed by atoms with Crippen LogP contribution < -0.4 is 4.74 Å². The van der Waals surface area contributed by atoms with Gasteiger partial charge in [0.05, 0.1) is 17.0 Å². The van der Waals surface area contributed by atoms with Gasteiger partial charge in [0.2, 0.25) is 0 Å². The van der Waals surface area contributed by atoms with Crippen LogP contribution in [0.5, 0.6) is 5.75 Å². The van der Waals surface area contributed by atoms with E-state index in [2.05, 4.69) is 15.9 Å². The lowest BCUT2D eigenvalue weighted by molar-refractivity contribution is -0.147. The first-order valence-corrected chi connectivity index (χ1v) is 6.66. The number of carbonyl (C=O) groups is 2. The Kier molecular flexibility index (Phi) is 5.50. The van der Waals surface area contributed by atoms with Crippen molar-refractivity contribution in [2.75, 3.05) is 6.61 Å². The van der Waals surface area contributed by atoms with Crippen LogP contribution in [-0.2, 0) is 4.79 Å². The summed E-state index contributed by atoms with van der Waals surface area (Å²) >= 11 is 3.17. The summed E-state index contributed by atoms with van der Waals surface area (Å²) in [5.74, 6) is -1.50. The van der Waals surface area contributed by atoms with E-state index in [0.717, 1.165) is 0 Å². The van der Waals surface area contributed by atoms with Gasteiger partial charge in [-0.3, -0.25) is 4.79 Å². The number of aliphatic hydroxyl groups is 1. The average Bonchev–Trinajstić information content (AvgIpc) is 2.37. The molecule has 0 aliphatic carbocycles. The summed E-state index contributed by atoms with van der Waals surface area (Å²) in [6.07, 6.45) is -1.72. The van der Waals surface area contributed by atoms with Crippen LogP contribution in [0.4, 0.5) is 0 Å². The molecule has 0 amide bonds. The average molecular weight is 331 g/mol. The summed E-state index contributed by atoms with van der Waals surface area (Å²) in [6, 6.07) is 4.50. The largest absolute Gasteiger partial charge is 0.493 e. The van der Waals surface area contributed by atoms with Crippen molar-refractivity contribution >= 4 is 27.7 Å². The van der Waals surface area contributed by atoms with E-state index in [1.54, 1.807) is 19.9 Å². The molecule has 2 atom stereocenters. The molecule has 0 aliphatic rings. The molecular formula is C13H15BrO5. The molecule has 0 heterocycles. The molecule has 1 aromatic rings. The Bertz CT molecular complexity index is 484. The molecule has 104 valence electrons. The summed E-state index contributed by atoms with van der Waals surface area (Å²) < 4.78 is 5.35. The van der Waals surface area contributed by atoms with E-state index in [0.29, 0.717) is 0 Å². The number of Topliss-reactive ketones (excluding diaryl/α,β-unsaturated/α-hetero) is 1. The lowest BCUT2D eigenvalue weighted by Crippen LogP contribution is -2.17. The summed E-state index contributed by atoms with van der Waals surface area (Å²) in [5, 5.41) is 18.5. The molecular weight excluding hydrogens is 316 g/mol. The highest BCUT2D eigenvalue weighted by Crippen LogP contribution is 2.31. The second kappa shape index (κ2) is 6.68. The molecule has 0 spiro atoms. The van der Waals surface area contributed by atoms with Crippen molar-refractivity contribution in [2.45, 2.75) is 24.8 Å². The topological polar surface area (TPSA) is 83.8 Å². The lowest BCUT2D eigenvalue weighted by atomic mass is 10.0. The SMILES string of the molecule is CCOc1c(C(=O)C(C)Br)cccc1C(O)C(=O)O. The van der Waals surface area contributed by atoms with Gasteiger partial charge in [0, 0.05) is 5.56 Å². The zero-order chi connectivity index (χ0) is 14.6. The van der Waals surface area contributed by atoms with E-state index in [1.807, 2.05) is 0 Å². The van der Waals surface area contributed by atoms with Gasteiger partial charge in [-0.05, 0) is 19.9 Å². The normalized spacial score (nSPS) is 13.7. The molecule has 5 nitrogen and oxygen atoms in total. The predicted molar refractivity (Wildman–Crippen MR) is 72.9 cm³/mol. The van der Waals surface area contributed by atoms with E-state index < -0.39 is 16.9 Å². The minimum absolute atomic E-state index is 0.0772. The van der Waals surface area contributed by atoms with Crippen LogP contribution in [-0.4, -0.2) is 33.4 Å². The minimum atomic E-state index is -1.72. The first-order chi connectivity index (χ1) is 8.90. The molecule has 19 heavy (non-hydrogen) atoms. The third-order valence-electron chi connectivity index (χ3n) is 2.49. The zero-order valence-corrected chi connectivity index (χ0v) is 12.2. The van der Waals surface area contributed by atoms with Gasteiger partial charge in [0.1, 0.15) is 5.75 Å². The number of alkyl halides is 1. The number of carbonyl (C=O) groups excluding carboxylic acids is 1. The highest BCUT2D eigenvalue weighted by molar-refractivity contribution is 9.10. The lowest BCUT2D eigenvalue weighted by Gasteiger charge is -2.16. The molecule has 0 saturated heterocycles. The minimum Gasteiger partial charge on any atom is -0.493 e. The Morgan fingerprint density at radius 1 is 1.42 bits per heavy atom. The second-order valence-electron chi connectivity index (χ2n) is 3.88. The molecule has 0 bridgehead atoms. The molecule has 0 saturated carbocycles. The van der Waals surface area contributed by atoms with Crippen molar-refractivity contribution in [1.29, 1.82) is 0 Å². The van der Waals surface area contributed by atoms with Crippen molar-refractivity contribution in [3.8, 4) is 5.75 Å². The third-order valence-corrected chi connectivity index (χ3v) is 2.91. The van der Waals surface area contributed by atoms with Gasteiger partial charge < -0.3 is 14.9 Å². The van der Waals surface area contributed by atoms with E-state index in [9.17, 15) is 14.7 Å². The van der Waals surface area contributed by atoms with Gasteiger partial charge in [-0.2, -0.15) is 0 Å². The number of halogens is 1. The van der Waals surface area contributed by atoms with E-state index in [-0.39, 0.29) is 29.3 Å². The Morgan fingerprint density at radius 3 is 2.53 bits per heavy atom. The van der Waals surface area contributed by atoms with Crippen molar-refractivity contribution in [1.82, 2.24) is 0 Å². The Morgan fingerprint density at radius 2 is 2.05 bits per heavy atom. The fourth-order valence-electron chi connectivity index (χ4n) is 1.62. The second-order valence-corrected chi connectivity index (χ2v) is 5.25. The van der Waals surface area contributed by atoms with Crippen LogP contribution in [0.1, 0.15) is 35.9 Å². The van der Waals surface area contributed by atoms with E-state index in [4.69, 9.17) is 9.84 Å². The third kappa shape index (κ3) is 3.54.